The van der Waals surface area contributed by atoms with E-state index in [0.29, 0.717) is 0 Å². The molecule has 0 heterocycles. The van der Waals surface area contributed by atoms with Gasteiger partial charge in [0.15, 0.2) is 16.6 Å². The Morgan fingerprint density at radius 1 is 1.09 bits per heavy atom. The van der Waals surface area contributed by atoms with Gasteiger partial charge in [-0.2, -0.15) is 0 Å². The van der Waals surface area contributed by atoms with Gasteiger partial charge in [0.05, 0.1) is 6.61 Å². The molecule has 0 aliphatic carbocycles. The van der Waals surface area contributed by atoms with Gasteiger partial charge in [0.1, 0.15) is 5.75 Å². The van der Waals surface area contributed by atoms with Crippen LogP contribution in [0.4, 0.5) is 0 Å². The van der Waals surface area contributed by atoms with Crippen LogP contribution in [-0.2, 0) is 4.12 Å². The maximum atomic E-state index is 6.56. The van der Waals surface area contributed by atoms with Gasteiger partial charge in [-0.05, 0) is 62.4 Å². The fraction of sp³-hybridized carbons (Fsp3) is 0.556. The summed E-state index contributed by atoms with van der Waals surface area (Å²) in [4.78, 5) is 0. The minimum atomic E-state index is -1.57. The highest BCUT2D eigenvalue weighted by Crippen LogP contribution is 2.24. The van der Waals surface area contributed by atoms with Crippen LogP contribution < -0.4 is 4.74 Å². The Kier molecular flexibility index (Phi) is 7.59. The minimum absolute atomic E-state index is 0.760. The van der Waals surface area contributed by atoms with Gasteiger partial charge in [0, 0.05) is 0 Å². The van der Waals surface area contributed by atoms with Crippen molar-refractivity contribution in [1.29, 1.82) is 0 Å². The van der Waals surface area contributed by atoms with Gasteiger partial charge < -0.3 is 8.85 Å². The van der Waals surface area contributed by atoms with Crippen molar-refractivity contribution in [1.82, 2.24) is 0 Å². The van der Waals surface area contributed by atoms with Gasteiger partial charge in [-0.3, -0.25) is 0 Å². The Bertz CT molecular complexity index is 470. The smallest absolute Gasteiger partial charge is 0.173 e. The van der Waals surface area contributed by atoms with Crippen LogP contribution in [0.15, 0.2) is 30.8 Å². The second-order valence-corrected chi connectivity index (χ2v) is 16.0. The normalized spacial score (nSPS) is 12.2. The molecule has 0 aliphatic rings. The molecular weight excluding hydrogens is 304 g/mol. The summed E-state index contributed by atoms with van der Waals surface area (Å²) in [6.07, 6.45) is 4.14. The van der Waals surface area contributed by atoms with Gasteiger partial charge in [-0.25, -0.2) is 0 Å². The van der Waals surface area contributed by atoms with Gasteiger partial charge in [-0.15, -0.1) is 0 Å². The Morgan fingerprint density at radius 2 is 1.77 bits per heavy atom. The lowest BCUT2D eigenvalue weighted by molar-refractivity contribution is 0.314. The van der Waals surface area contributed by atoms with E-state index in [2.05, 4.69) is 39.7 Å². The monoisotopic (exact) mass is 336 g/mol. The highest BCUT2D eigenvalue weighted by Gasteiger charge is 2.31. The van der Waals surface area contributed by atoms with Gasteiger partial charge in [0.2, 0.25) is 0 Å². The highest BCUT2D eigenvalue weighted by atomic mass is 28.4. The summed E-state index contributed by atoms with van der Waals surface area (Å²) in [5.74, 6) is 0.929. The molecule has 1 aromatic carbocycles. The average molecular weight is 337 g/mol. The first-order valence-corrected chi connectivity index (χ1v) is 14.6. The number of benzene rings is 1. The highest BCUT2D eigenvalue weighted by molar-refractivity contribution is 6.84. The molecule has 22 heavy (non-hydrogen) atoms. The standard InChI is InChI=1S/C18H32O2Si2/c1-7-14-21(3,4)20-22(5,6)15-10-13-19-18-12-9-11-17(8-2)16-18/h8-9,11-12,16H,2,7,10,13-15H2,1,3-6H3. The third kappa shape index (κ3) is 7.43. The lowest BCUT2D eigenvalue weighted by Gasteiger charge is -2.34. The van der Waals surface area contributed by atoms with Crippen LogP contribution in [0, 0.1) is 0 Å². The molecule has 1 aromatic rings. The Labute approximate surface area is 138 Å². The fourth-order valence-corrected chi connectivity index (χ4v) is 11.9. The van der Waals surface area contributed by atoms with E-state index in [1.165, 1.54) is 12.5 Å². The molecule has 0 fully saturated rings. The van der Waals surface area contributed by atoms with E-state index in [0.717, 1.165) is 30.4 Å². The van der Waals surface area contributed by atoms with Gasteiger partial charge >= 0.3 is 0 Å². The topological polar surface area (TPSA) is 18.5 Å². The van der Waals surface area contributed by atoms with Crippen LogP contribution in [0.3, 0.4) is 0 Å². The maximum absolute atomic E-state index is 6.56. The van der Waals surface area contributed by atoms with E-state index in [-0.39, 0.29) is 0 Å². The lowest BCUT2D eigenvalue weighted by Crippen LogP contribution is -2.44. The molecule has 124 valence electrons. The Balaban J connectivity index is 2.37. The second kappa shape index (κ2) is 8.70. The number of rotatable bonds is 10. The van der Waals surface area contributed by atoms with Crippen molar-refractivity contribution >= 4 is 22.7 Å². The summed E-state index contributed by atoms with van der Waals surface area (Å²) in [5, 5.41) is 0. The number of hydrogen-bond donors (Lipinski definition) is 0. The fourth-order valence-electron chi connectivity index (χ4n) is 2.87. The molecule has 0 bridgehead atoms. The zero-order valence-corrected chi connectivity index (χ0v) is 16.9. The first-order valence-electron chi connectivity index (χ1n) is 8.33. The molecule has 4 heteroatoms. The molecule has 0 saturated heterocycles. The Morgan fingerprint density at radius 3 is 2.41 bits per heavy atom. The summed E-state index contributed by atoms with van der Waals surface area (Å²) < 4.78 is 12.4. The van der Waals surface area contributed by atoms with Crippen LogP contribution >= 0.6 is 0 Å². The molecular formula is C18H32O2Si2. The summed E-state index contributed by atoms with van der Waals surface area (Å²) in [6, 6.07) is 10.5. The minimum Gasteiger partial charge on any atom is -0.494 e. The van der Waals surface area contributed by atoms with Crippen LogP contribution in [0.25, 0.3) is 6.08 Å². The Hall–Kier alpha value is -0.846. The molecule has 0 aromatic heterocycles. The van der Waals surface area contributed by atoms with Crippen molar-refractivity contribution in [3.05, 3.63) is 36.4 Å². The van der Waals surface area contributed by atoms with E-state index in [4.69, 9.17) is 8.85 Å². The number of ether oxygens (including phenoxy) is 1. The lowest BCUT2D eigenvalue weighted by atomic mass is 10.2. The van der Waals surface area contributed by atoms with E-state index >= 15 is 0 Å². The molecule has 0 unspecified atom stereocenters. The third-order valence-electron chi connectivity index (χ3n) is 3.69. The van der Waals surface area contributed by atoms with Crippen LogP contribution in [-0.4, -0.2) is 23.2 Å². The first kappa shape index (κ1) is 19.2. The van der Waals surface area contributed by atoms with Crippen LogP contribution in [0.5, 0.6) is 5.75 Å². The van der Waals surface area contributed by atoms with Crippen molar-refractivity contribution in [2.45, 2.75) is 58.0 Å². The van der Waals surface area contributed by atoms with Crippen molar-refractivity contribution in [3.63, 3.8) is 0 Å². The first-order chi connectivity index (χ1) is 10.3. The molecule has 0 spiro atoms. The van der Waals surface area contributed by atoms with Gasteiger partial charge in [-0.1, -0.05) is 38.1 Å². The predicted octanol–water partition coefficient (Wildman–Crippen LogP) is 5.94. The maximum Gasteiger partial charge on any atom is 0.173 e. The molecule has 2 nitrogen and oxygen atoms in total. The van der Waals surface area contributed by atoms with Crippen molar-refractivity contribution in [2.75, 3.05) is 6.61 Å². The number of hydrogen-bond acceptors (Lipinski definition) is 2. The second-order valence-electron chi connectivity index (χ2n) is 7.10. The third-order valence-corrected chi connectivity index (χ3v) is 11.4. The SMILES string of the molecule is C=Cc1cccc(OCCC[Si](C)(C)O[Si](C)(C)CCC)c1. The van der Waals surface area contributed by atoms with Gasteiger partial charge in [0.25, 0.3) is 0 Å². The van der Waals surface area contributed by atoms with Crippen molar-refractivity contribution in [2.24, 2.45) is 0 Å². The summed E-state index contributed by atoms with van der Waals surface area (Å²) in [5.41, 5.74) is 1.10. The molecule has 0 atom stereocenters. The largest absolute Gasteiger partial charge is 0.494 e. The van der Waals surface area contributed by atoms with Crippen LogP contribution in [0.2, 0.25) is 38.3 Å². The zero-order valence-electron chi connectivity index (χ0n) is 14.9. The van der Waals surface area contributed by atoms with Crippen LogP contribution in [0.1, 0.15) is 25.3 Å². The quantitative estimate of drug-likeness (QED) is 0.389. The molecule has 0 aliphatic heterocycles. The van der Waals surface area contributed by atoms with E-state index < -0.39 is 16.6 Å². The molecule has 0 N–H and O–H groups in total. The molecule has 0 saturated carbocycles. The molecule has 0 amide bonds. The molecule has 0 radical (unpaired) electrons. The van der Waals surface area contributed by atoms with Crippen molar-refractivity contribution < 1.29 is 8.85 Å². The average Bonchev–Trinajstić information content (AvgIpc) is 2.42. The molecule has 1 rings (SSSR count). The summed E-state index contributed by atoms with van der Waals surface area (Å²) >= 11 is 0. The zero-order chi connectivity index (χ0) is 16.6. The van der Waals surface area contributed by atoms with E-state index in [9.17, 15) is 0 Å². The van der Waals surface area contributed by atoms with Crippen molar-refractivity contribution in [3.8, 4) is 5.75 Å². The van der Waals surface area contributed by atoms with E-state index in [1.54, 1.807) is 0 Å². The predicted molar refractivity (Wildman–Crippen MR) is 103 cm³/mol. The summed E-state index contributed by atoms with van der Waals surface area (Å²) in [7, 11) is -3.03. The summed E-state index contributed by atoms with van der Waals surface area (Å²) in [6.45, 7) is 16.2. The van der Waals surface area contributed by atoms with E-state index in [1.807, 2.05) is 30.3 Å².